The number of rotatable bonds is 8. The summed E-state index contributed by atoms with van der Waals surface area (Å²) >= 11 is 0. The summed E-state index contributed by atoms with van der Waals surface area (Å²) in [5.74, 6) is 1.07. The number of hydrogen-bond acceptors (Lipinski definition) is 6. The average molecular weight is 296 g/mol. The Kier molecular flexibility index (Phi) is 7.11. The molecule has 0 bridgehead atoms. The van der Waals surface area contributed by atoms with Crippen LogP contribution in [0.3, 0.4) is 0 Å². The van der Waals surface area contributed by atoms with Crippen LogP contribution in [0, 0.1) is 0 Å². The molecule has 0 amide bonds. The number of carbonyl (C=O) groups excluding carboxylic acids is 1. The molecule has 1 aromatic carbocycles. The first-order valence-corrected chi connectivity index (χ1v) is 6.30. The number of benzene rings is 1. The largest absolute Gasteiger partial charge is 0.493 e. The maximum absolute atomic E-state index is 11.1. The summed E-state index contributed by atoms with van der Waals surface area (Å²) in [6, 6.07) is 3.48. The van der Waals surface area contributed by atoms with Gasteiger partial charge in [-0.05, 0) is 23.8 Å². The first-order valence-electron chi connectivity index (χ1n) is 6.30. The Hall–Kier alpha value is -2.21. The van der Waals surface area contributed by atoms with Crippen LogP contribution in [0.4, 0.5) is 0 Å². The molecule has 1 rings (SSSR count). The Labute approximate surface area is 124 Å². The molecule has 0 saturated heterocycles. The van der Waals surface area contributed by atoms with Crippen molar-refractivity contribution in [1.82, 2.24) is 0 Å². The first-order chi connectivity index (χ1) is 10.2. The Morgan fingerprint density at radius 2 is 1.67 bits per heavy atom. The van der Waals surface area contributed by atoms with Crippen LogP contribution < -0.4 is 14.2 Å². The van der Waals surface area contributed by atoms with E-state index >= 15 is 0 Å². The molecule has 0 atom stereocenters. The van der Waals surface area contributed by atoms with Crippen molar-refractivity contribution in [3.63, 3.8) is 0 Å². The minimum atomic E-state index is -0.437. The van der Waals surface area contributed by atoms with E-state index < -0.39 is 5.97 Å². The van der Waals surface area contributed by atoms with Gasteiger partial charge in [-0.15, -0.1) is 0 Å². The molecule has 0 aliphatic heterocycles. The lowest BCUT2D eigenvalue weighted by molar-refractivity contribution is -0.134. The Balaban J connectivity index is 3.05. The summed E-state index contributed by atoms with van der Waals surface area (Å²) in [6.45, 7) is 0.830. The van der Waals surface area contributed by atoms with Gasteiger partial charge in [-0.3, -0.25) is 0 Å². The monoisotopic (exact) mass is 296 g/mol. The van der Waals surface area contributed by atoms with E-state index in [0.717, 1.165) is 5.56 Å². The van der Waals surface area contributed by atoms with Gasteiger partial charge < -0.3 is 23.7 Å². The molecule has 0 radical (unpaired) electrons. The van der Waals surface area contributed by atoms with Gasteiger partial charge in [0.25, 0.3) is 0 Å². The highest BCUT2D eigenvalue weighted by molar-refractivity contribution is 5.87. The first kappa shape index (κ1) is 16.8. The van der Waals surface area contributed by atoms with E-state index in [1.165, 1.54) is 27.4 Å². The summed E-state index contributed by atoms with van der Waals surface area (Å²) < 4.78 is 25.7. The molecule has 6 heteroatoms. The predicted molar refractivity (Wildman–Crippen MR) is 78.0 cm³/mol. The maximum atomic E-state index is 11.1. The van der Waals surface area contributed by atoms with Crippen molar-refractivity contribution >= 4 is 12.0 Å². The van der Waals surface area contributed by atoms with Gasteiger partial charge in [0.15, 0.2) is 11.5 Å². The molecule has 0 N–H and O–H groups in total. The second-order valence-electron chi connectivity index (χ2n) is 3.95. The lowest BCUT2D eigenvalue weighted by Gasteiger charge is -2.15. The van der Waals surface area contributed by atoms with Gasteiger partial charge in [-0.1, -0.05) is 0 Å². The smallest absolute Gasteiger partial charge is 0.330 e. The molecular formula is C15H20O6. The number of esters is 1. The van der Waals surface area contributed by atoms with Crippen molar-refractivity contribution < 1.29 is 28.5 Å². The average Bonchev–Trinajstić information content (AvgIpc) is 2.52. The van der Waals surface area contributed by atoms with Gasteiger partial charge in [0.1, 0.15) is 6.61 Å². The van der Waals surface area contributed by atoms with Crippen molar-refractivity contribution in [2.45, 2.75) is 0 Å². The zero-order valence-electron chi connectivity index (χ0n) is 12.7. The van der Waals surface area contributed by atoms with Crippen molar-refractivity contribution in [3.8, 4) is 17.2 Å². The van der Waals surface area contributed by atoms with Crippen LogP contribution in [0.5, 0.6) is 17.2 Å². The van der Waals surface area contributed by atoms with E-state index in [2.05, 4.69) is 4.74 Å². The fourth-order valence-corrected chi connectivity index (χ4v) is 1.60. The molecule has 0 fully saturated rings. The molecular weight excluding hydrogens is 276 g/mol. The SMILES string of the molecule is COCCOc1c(OC)cc(/C=C/C(=O)OC)cc1OC. The highest BCUT2D eigenvalue weighted by Crippen LogP contribution is 2.38. The molecule has 1 aromatic rings. The number of carbonyl (C=O) groups is 1. The van der Waals surface area contributed by atoms with Crippen molar-refractivity contribution in [2.24, 2.45) is 0 Å². The number of hydrogen-bond donors (Lipinski definition) is 0. The van der Waals surface area contributed by atoms with Gasteiger partial charge in [0.2, 0.25) is 5.75 Å². The highest BCUT2D eigenvalue weighted by atomic mass is 16.6. The third-order valence-corrected chi connectivity index (χ3v) is 2.63. The maximum Gasteiger partial charge on any atom is 0.330 e. The van der Waals surface area contributed by atoms with Gasteiger partial charge in [0.05, 0.1) is 27.9 Å². The summed E-state index contributed by atoms with van der Waals surface area (Å²) in [5, 5.41) is 0. The lowest BCUT2D eigenvalue weighted by Crippen LogP contribution is -2.06. The Morgan fingerprint density at radius 1 is 1.05 bits per heavy atom. The van der Waals surface area contributed by atoms with Crippen molar-refractivity contribution in [1.29, 1.82) is 0 Å². The standard InChI is InChI=1S/C15H20O6/c1-17-7-8-21-15-12(18-2)9-11(10-13(15)19-3)5-6-14(16)20-4/h5-6,9-10H,7-8H2,1-4H3/b6-5+. The zero-order chi connectivity index (χ0) is 15.7. The van der Waals surface area contributed by atoms with E-state index in [1.54, 1.807) is 25.3 Å². The van der Waals surface area contributed by atoms with Gasteiger partial charge in [0, 0.05) is 13.2 Å². The summed E-state index contributed by atoms with van der Waals surface area (Å²) in [5.41, 5.74) is 0.730. The zero-order valence-corrected chi connectivity index (χ0v) is 12.7. The summed E-state index contributed by atoms with van der Waals surface area (Å²) in [7, 11) is 5.98. The van der Waals surface area contributed by atoms with E-state index in [1.807, 2.05) is 0 Å². The lowest BCUT2D eigenvalue weighted by atomic mass is 10.1. The van der Waals surface area contributed by atoms with Crippen LogP contribution in [-0.4, -0.2) is 47.6 Å². The molecule has 0 saturated carbocycles. The molecule has 0 unspecified atom stereocenters. The Bertz CT molecular complexity index is 470. The quantitative estimate of drug-likeness (QED) is 0.415. The number of ether oxygens (including phenoxy) is 5. The third-order valence-electron chi connectivity index (χ3n) is 2.63. The third kappa shape index (κ3) is 5.00. The normalized spacial score (nSPS) is 10.5. The van der Waals surface area contributed by atoms with E-state index in [4.69, 9.17) is 18.9 Å². The van der Waals surface area contributed by atoms with Crippen LogP contribution in [0.1, 0.15) is 5.56 Å². The van der Waals surface area contributed by atoms with Crippen LogP contribution >= 0.6 is 0 Å². The molecule has 116 valence electrons. The van der Waals surface area contributed by atoms with E-state index in [-0.39, 0.29) is 0 Å². The minimum Gasteiger partial charge on any atom is -0.493 e. The number of methoxy groups -OCH3 is 4. The van der Waals surface area contributed by atoms with E-state index in [0.29, 0.717) is 30.5 Å². The van der Waals surface area contributed by atoms with Gasteiger partial charge in [-0.2, -0.15) is 0 Å². The highest BCUT2D eigenvalue weighted by Gasteiger charge is 2.13. The molecule has 0 aliphatic rings. The van der Waals surface area contributed by atoms with Crippen molar-refractivity contribution in [3.05, 3.63) is 23.8 Å². The summed E-state index contributed by atoms with van der Waals surface area (Å²) in [4.78, 5) is 11.1. The minimum absolute atomic E-state index is 0.376. The molecule has 21 heavy (non-hydrogen) atoms. The molecule has 0 aliphatic carbocycles. The van der Waals surface area contributed by atoms with Gasteiger partial charge >= 0.3 is 5.97 Å². The molecule has 6 nitrogen and oxygen atoms in total. The Morgan fingerprint density at radius 3 is 2.14 bits per heavy atom. The van der Waals surface area contributed by atoms with Crippen LogP contribution in [-0.2, 0) is 14.3 Å². The van der Waals surface area contributed by atoms with Crippen molar-refractivity contribution in [2.75, 3.05) is 41.7 Å². The topological polar surface area (TPSA) is 63.2 Å². The fourth-order valence-electron chi connectivity index (χ4n) is 1.60. The van der Waals surface area contributed by atoms with Crippen LogP contribution in [0.25, 0.3) is 6.08 Å². The summed E-state index contributed by atoms with van der Waals surface area (Å²) in [6.07, 6.45) is 2.93. The molecule has 0 spiro atoms. The molecule has 0 heterocycles. The van der Waals surface area contributed by atoms with Crippen LogP contribution in [0.2, 0.25) is 0 Å². The molecule has 0 aromatic heterocycles. The fraction of sp³-hybridized carbons (Fsp3) is 0.400. The van der Waals surface area contributed by atoms with E-state index in [9.17, 15) is 4.79 Å². The van der Waals surface area contributed by atoms with Crippen LogP contribution in [0.15, 0.2) is 18.2 Å². The van der Waals surface area contributed by atoms with Gasteiger partial charge in [-0.25, -0.2) is 4.79 Å². The predicted octanol–water partition coefficient (Wildman–Crippen LogP) is 1.92. The second kappa shape index (κ2) is 8.86. The second-order valence-corrected chi connectivity index (χ2v) is 3.95.